The number of aromatic amines is 1. The topological polar surface area (TPSA) is 132 Å². The van der Waals surface area contributed by atoms with E-state index in [2.05, 4.69) is 4.98 Å². The lowest BCUT2D eigenvalue weighted by Gasteiger charge is -2.30. The highest BCUT2D eigenvalue weighted by Crippen LogP contribution is 2.31. The van der Waals surface area contributed by atoms with Gasteiger partial charge in [-0.3, -0.25) is 9.59 Å². The number of pyridine rings is 1. The molecule has 3 rings (SSSR count). The van der Waals surface area contributed by atoms with Gasteiger partial charge in [-0.05, 0) is 63.1 Å². The largest absolute Gasteiger partial charge is 0.504 e. The zero-order valence-electron chi connectivity index (χ0n) is 18.9. The van der Waals surface area contributed by atoms with Crippen LogP contribution in [0, 0.1) is 0 Å². The second-order valence-corrected chi connectivity index (χ2v) is 8.42. The summed E-state index contributed by atoms with van der Waals surface area (Å²) >= 11 is 0. The SMILES string of the molecule is O=C(CCCCOc1ccc2[nH]c(=O)c(O)c(O)c2c1)N(CCCCO)CC1CCCCO1. The molecule has 0 spiro atoms. The van der Waals surface area contributed by atoms with Crippen molar-refractivity contribution in [3.8, 4) is 17.2 Å². The molecule has 1 saturated heterocycles. The Morgan fingerprint density at radius 3 is 2.76 bits per heavy atom. The fraction of sp³-hybridized carbons (Fsp3) is 0.583. The maximum atomic E-state index is 12.8. The Balaban J connectivity index is 1.46. The van der Waals surface area contributed by atoms with Crippen LogP contribution in [0.15, 0.2) is 23.0 Å². The van der Waals surface area contributed by atoms with Gasteiger partial charge in [-0.15, -0.1) is 0 Å². The van der Waals surface area contributed by atoms with Gasteiger partial charge in [0.05, 0.1) is 18.2 Å². The number of carbonyl (C=O) groups is 1. The molecular weight excluding hydrogens is 428 g/mol. The van der Waals surface area contributed by atoms with Gasteiger partial charge in [0.2, 0.25) is 11.7 Å². The van der Waals surface area contributed by atoms with Gasteiger partial charge in [0.1, 0.15) is 5.75 Å². The molecule has 0 bridgehead atoms. The molecule has 1 aliphatic rings. The number of aromatic nitrogens is 1. The average Bonchev–Trinajstić information content (AvgIpc) is 2.83. The molecule has 1 atom stereocenters. The van der Waals surface area contributed by atoms with Crippen molar-refractivity contribution >= 4 is 16.8 Å². The third-order valence-corrected chi connectivity index (χ3v) is 5.87. The van der Waals surface area contributed by atoms with Crippen molar-refractivity contribution in [3.05, 3.63) is 28.6 Å². The molecule has 182 valence electrons. The minimum atomic E-state index is -0.751. The number of H-pyrrole nitrogens is 1. The van der Waals surface area contributed by atoms with Crippen molar-refractivity contribution in [2.75, 3.05) is 32.9 Å². The number of ether oxygens (including phenoxy) is 2. The first kappa shape index (κ1) is 24.9. The first-order chi connectivity index (χ1) is 16.0. The van der Waals surface area contributed by atoms with Crippen molar-refractivity contribution in [2.24, 2.45) is 0 Å². The molecule has 1 amide bonds. The van der Waals surface area contributed by atoms with E-state index in [0.29, 0.717) is 62.0 Å². The van der Waals surface area contributed by atoms with E-state index in [0.717, 1.165) is 32.3 Å². The van der Waals surface area contributed by atoms with Gasteiger partial charge in [0.15, 0.2) is 5.75 Å². The van der Waals surface area contributed by atoms with Gasteiger partial charge >= 0.3 is 0 Å². The van der Waals surface area contributed by atoms with Gasteiger partial charge in [-0.2, -0.15) is 0 Å². The predicted molar refractivity (Wildman–Crippen MR) is 124 cm³/mol. The fourth-order valence-electron chi connectivity index (χ4n) is 3.99. The van der Waals surface area contributed by atoms with E-state index < -0.39 is 17.1 Å². The maximum Gasteiger partial charge on any atom is 0.294 e. The maximum absolute atomic E-state index is 12.8. The summed E-state index contributed by atoms with van der Waals surface area (Å²) in [6.45, 7) is 2.51. The van der Waals surface area contributed by atoms with Crippen LogP contribution in [0.2, 0.25) is 0 Å². The smallest absolute Gasteiger partial charge is 0.294 e. The lowest BCUT2D eigenvalue weighted by atomic mass is 10.1. The number of nitrogens with zero attached hydrogens (tertiary/aromatic N) is 1. The van der Waals surface area contributed by atoms with Crippen LogP contribution in [-0.4, -0.2) is 70.1 Å². The molecule has 0 saturated carbocycles. The molecule has 2 aromatic rings. The summed E-state index contributed by atoms with van der Waals surface area (Å²) in [7, 11) is 0. The normalized spacial score (nSPS) is 16.1. The minimum Gasteiger partial charge on any atom is -0.504 e. The Kier molecular flexibility index (Phi) is 9.38. The summed E-state index contributed by atoms with van der Waals surface area (Å²) in [6.07, 6.45) is 6.49. The number of aliphatic hydroxyl groups excluding tert-OH is 1. The Labute approximate surface area is 192 Å². The minimum absolute atomic E-state index is 0.0946. The standard InChI is InChI=1S/C24H34N2O7/c27-12-4-3-11-26(16-18-7-1-5-14-33-18)21(28)8-2-6-13-32-17-9-10-20-19(15-17)22(29)23(30)24(31)25-20/h9-10,15,18,27,30H,1-8,11-14,16H2,(H2,25,29,31). The van der Waals surface area contributed by atoms with Gasteiger partial charge in [0, 0.05) is 38.1 Å². The lowest BCUT2D eigenvalue weighted by Crippen LogP contribution is -2.40. The number of carbonyl (C=O) groups excluding carboxylic acids is 1. The number of rotatable bonds is 12. The number of nitrogens with one attached hydrogen (secondary N) is 1. The first-order valence-corrected chi connectivity index (χ1v) is 11.7. The molecule has 1 aromatic carbocycles. The molecule has 1 unspecified atom stereocenters. The number of hydrogen-bond donors (Lipinski definition) is 4. The zero-order valence-corrected chi connectivity index (χ0v) is 18.9. The third-order valence-electron chi connectivity index (χ3n) is 5.87. The van der Waals surface area contributed by atoms with Crippen molar-refractivity contribution in [2.45, 2.75) is 57.5 Å². The van der Waals surface area contributed by atoms with Gasteiger partial charge in [0.25, 0.3) is 5.56 Å². The van der Waals surface area contributed by atoms with Crippen molar-refractivity contribution in [3.63, 3.8) is 0 Å². The average molecular weight is 463 g/mol. The summed E-state index contributed by atoms with van der Waals surface area (Å²) in [5, 5.41) is 29.0. The van der Waals surface area contributed by atoms with Crippen molar-refractivity contribution < 1.29 is 29.6 Å². The molecule has 2 heterocycles. The number of hydrogen-bond acceptors (Lipinski definition) is 7. The van der Waals surface area contributed by atoms with Crippen LogP contribution in [0.4, 0.5) is 0 Å². The molecular formula is C24H34N2O7. The van der Waals surface area contributed by atoms with Crippen molar-refractivity contribution in [1.29, 1.82) is 0 Å². The number of benzene rings is 1. The van der Waals surface area contributed by atoms with Crippen LogP contribution in [-0.2, 0) is 9.53 Å². The Hall–Kier alpha value is -2.78. The Bertz CT molecular complexity index is 969. The van der Waals surface area contributed by atoms with E-state index in [1.54, 1.807) is 18.2 Å². The number of amides is 1. The third kappa shape index (κ3) is 7.10. The van der Waals surface area contributed by atoms with Crippen LogP contribution in [0.3, 0.4) is 0 Å². The Morgan fingerprint density at radius 2 is 2.00 bits per heavy atom. The van der Waals surface area contributed by atoms with Crippen LogP contribution >= 0.6 is 0 Å². The summed E-state index contributed by atoms with van der Waals surface area (Å²) < 4.78 is 11.5. The van der Waals surface area contributed by atoms with E-state index in [4.69, 9.17) is 14.6 Å². The predicted octanol–water partition coefficient (Wildman–Crippen LogP) is 2.66. The fourth-order valence-corrected chi connectivity index (χ4v) is 3.99. The van der Waals surface area contributed by atoms with E-state index in [-0.39, 0.29) is 18.6 Å². The van der Waals surface area contributed by atoms with E-state index in [1.165, 1.54) is 0 Å². The number of aliphatic hydroxyl groups is 1. The highest BCUT2D eigenvalue weighted by atomic mass is 16.5. The molecule has 33 heavy (non-hydrogen) atoms. The van der Waals surface area contributed by atoms with E-state index in [9.17, 15) is 19.8 Å². The van der Waals surface area contributed by atoms with Crippen LogP contribution < -0.4 is 10.3 Å². The molecule has 9 nitrogen and oxygen atoms in total. The molecule has 4 N–H and O–H groups in total. The second-order valence-electron chi connectivity index (χ2n) is 8.42. The summed E-state index contributed by atoms with van der Waals surface area (Å²) in [5.74, 6) is -0.610. The highest BCUT2D eigenvalue weighted by Gasteiger charge is 2.21. The highest BCUT2D eigenvalue weighted by molar-refractivity contribution is 5.87. The number of fused-ring (bicyclic) bond motifs is 1. The zero-order chi connectivity index (χ0) is 23.6. The molecule has 1 aromatic heterocycles. The van der Waals surface area contributed by atoms with Gasteiger partial charge < -0.3 is 34.7 Å². The number of aromatic hydroxyl groups is 2. The van der Waals surface area contributed by atoms with Crippen LogP contribution in [0.25, 0.3) is 10.9 Å². The van der Waals surface area contributed by atoms with Crippen LogP contribution in [0.1, 0.15) is 51.4 Å². The second kappa shape index (κ2) is 12.5. The molecule has 1 aliphatic heterocycles. The van der Waals surface area contributed by atoms with E-state index >= 15 is 0 Å². The summed E-state index contributed by atoms with van der Waals surface area (Å²) in [5.41, 5.74) is -0.352. The molecule has 9 heteroatoms. The van der Waals surface area contributed by atoms with Crippen molar-refractivity contribution in [1.82, 2.24) is 9.88 Å². The molecule has 1 fully saturated rings. The van der Waals surface area contributed by atoms with E-state index in [1.807, 2.05) is 4.90 Å². The van der Waals surface area contributed by atoms with Gasteiger partial charge in [-0.25, -0.2) is 0 Å². The van der Waals surface area contributed by atoms with Gasteiger partial charge in [-0.1, -0.05) is 0 Å². The quantitative estimate of drug-likeness (QED) is 0.357. The van der Waals surface area contributed by atoms with Crippen LogP contribution in [0.5, 0.6) is 17.2 Å². The number of unbranched alkanes of at least 4 members (excludes halogenated alkanes) is 2. The Morgan fingerprint density at radius 1 is 1.15 bits per heavy atom. The molecule has 0 radical (unpaired) electrons. The first-order valence-electron chi connectivity index (χ1n) is 11.7. The summed E-state index contributed by atoms with van der Waals surface area (Å²) in [4.78, 5) is 28.7. The summed E-state index contributed by atoms with van der Waals surface area (Å²) in [6, 6.07) is 4.83. The molecule has 0 aliphatic carbocycles. The monoisotopic (exact) mass is 462 g/mol. The lowest BCUT2D eigenvalue weighted by molar-refractivity contribution is -0.134.